The number of nitrogens with one attached hydrogen (secondary N) is 1. The van der Waals surface area contributed by atoms with E-state index in [1.165, 1.54) is 16.3 Å². The Labute approximate surface area is 128 Å². The van der Waals surface area contributed by atoms with E-state index in [1.807, 2.05) is 0 Å². The maximum atomic E-state index is 3.74. The van der Waals surface area contributed by atoms with Gasteiger partial charge in [-0.2, -0.15) is 0 Å². The van der Waals surface area contributed by atoms with Crippen LogP contribution < -0.4 is 5.32 Å². The smallest absolute Gasteiger partial charge is 0.0292 e. The van der Waals surface area contributed by atoms with Crippen LogP contribution in [0.25, 0.3) is 10.8 Å². The first kappa shape index (κ1) is 14.6. The van der Waals surface area contributed by atoms with Crippen molar-refractivity contribution in [2.45, 2.75) is 40.7 Å². The molecule has 0 saturated heterocycles. The molecule has 0 radical (unpaired) electrons. The van der Waals surface area contributed by atoms with Gasteiger partial charge in [0.1, 0.15) is 0 Å². The first-order valence-electron chi connectivity index (χ1n) is 8.06. The zero-order valence-electron chi connectivity index (χ0n) is 13.9. The van der Waals surface area contributed by atoms with Gasteiger partial charge >= 0.3 is 0 Å². The van der Waals surface area contributed by atoms with Crippen LogP contribution in [-0.2, 0) is 0 Å². The lowest BCUT2D eigenvalue weighted by Crippen LogP contribution is -2.23. The van der Waals surface area contributed by atoms with E-state index in [0.29, 0.717) is 16.9 Å². The molecule has 0 aliphatic heterocycles. The molecular formula is C20H27N. The standard InChI is InChI=1S/C20H27N/c1-14(21-13-18-19(2,3)20(18,4)5)16-11-10-15-8-6-7-9-17(15)12-16/h6-12,14,18,21H,13H2,1-5H3. The highest BCUT2D eigenvalue weighted by molar-refractivity contribution is 5.83. The summed E-state index contributed by atoms with van der Waals surface area (Å²) in [6.07, 6.45) is 0. The monoisotopic (exact) mass is 281 g/mol. The molecule has 112 valence electrons. The molecule has 1 N–H and O–H groups in total. The van der Waals surface area contributed by atoms with Gasteiger partial charge in [-0.25, -0.2) is 0 Å². The molecule has 1 unspecified atom stereocenters. The Kier molecular flexibility index (Phi) is 3.37. The second kappa shape index (κ2) is 4.84. The summed E-state index contributed by atoms with van der Waals surface area (Å²) in [6, 6.07) is 15.8. The summed E-state index contributed by atoms with van der Waals surface area (Å²) < 4.78 is 0. The highest BCUT2D eigenvalue weighted by atomic mass is 14.9. The average Bonchev–Trinajstić information content (AvgIpc) is 2.85. The van der Waals surface area contributed by atoms with Crippen molar-refractivity contribution >= 4 is 10.8 Å². The normalized spacial score (nSPS) is 21.4. The molecule has 0 spiro atoms. The van der Waals surface area contributed by atoms with E-state index in [1.54, 1.807) is 0 Å². The summed E-state index contributed by atoms with van der Waals surface area (Å²) in [4.78, 5) is 0. The van der Waals surface area contributed by atoms with Crippen molar-refractivity contribution in [2.75, 3.05) is 6.54 Å². The Morgan fingerprint density at radius 3 is 2.19 bits per heavy atom. The van der Waals surface area contributed by atoms with Gasteiger partial charge in [0, 0.05) is 6.04 Å². The Balaban J connectivity index is 1.69. The van der Waals surface area contributed by atoms with Crippen LogP contribution in [0.2, 0.25) is 0 Å². The summed E-state index contributed by atoms with van der Waals surface area (Å²) in [5, 5.41) is 6.38. The molecule has 2 aromatic carbocycles. The lowest BCUT2D eigenvalue weighted by molar-refractivity contribution is 0.457. The second-order valence-electron chi connectivity index (χ2n) is 7.73. The number of fused-ring (bicyclic) bond motifs is 1. The van der Waals surface area contributed by atoms with E-state index in [0.717, 1.165) is 12.5 Å². The molecule has 1 fully saturated rings. The minimum Gasteiger partial charge on any atom is -0.310 e. The predicted molar refractivity (Wildman–Crippen MR) is 91.4 cm³/mol. The van der Waals surface area contributed by atoms with Crippen molar-refractivity contribution in [2.24, 2.45) is 16.7 Å². The molecule has 0 amide bonds. The molecule has 3 rings (SSSR count). The fourth-order valence-electron chi connectivity index (χ4n) is 3.73. The molecule has 1 nitrogen and oxygen atoms in total. The number of rotatable bonds is 4. The van der Waals surface area contributed by atoms with Gasteiger partial charge < -0.3 is 5.32 Å². The van der Waals surface area contributed by atoms with Gasteiger partial charge in [-0.05, 0) is 52.6 Å². The van der Waals surface area contributed by atoms with Crippen molar-refractivity contribution < 1.29 is 0 Å². The van der Waals surface area contributed by atoms with Crippen molar-refractivity contribution in [1.82, 2.24) is 5.32 Å². The van der Waals surface area contributed by atoms with Crippen LogP contribution in [0.5, 0.6) is 0 Å². The largest absolute Gasteiger partial charge is 0.310 e. The van der Waals surface area contributed by atoms with Gasteiger partial charge in [-0.15, -0.1) is 0 Å². The van der Waals surface area contributed by atoms with E-state index < -0.39 is 0 Å². The Morgan fingerprint density at radius 1 is 0.952 bits per heavy atom. The lowest BCUT2D eigenvalue weighted by atomic mass is 10.0. The predicted octanol–water partition coefficient (Wildman–Crippen LogP) is 5.17. The molecule has 1 atom stereocenters. The van der Waals surface area contributed by atoms with Gasteiger partial charge in [-0.1, -0.05) is 64.1 Å². The van der Waals surface area contributed by atoms with Crippen LogP contribution in [0.3, 0.4) is 0 Å². The summed E-state index contributed by atoms with van der Waals surface area (Å²) in [7, 11) is 0. The van der Waals surface area contributed by atoms with Gasteiger partial charge in [0.25, 0.3) is 0 Å². The number of benzene rings is 2. The second-order valence-corrected chi connectivity index (χ2v) is 7.73. The Bertz CT molecular complexity index is 640. The highest BCUT2D eigenvalue weighted by Crippen LogP contribution is 2.68. The molecular weight excluding hydrogens is 254 g/mol. The quantitative estimate of drug-likeness (QED) is 0.815. The number of hydrogen-bond acceptors (Lipinski definition) is 1. The van der Waals surface area contributed by atoms with Crippen LogP contribution >= 0.6 is 0 Å². The molecule has 1 heteroatoms. The third-order valence-corrected chi connectivity index (χ3v) is 6.22. The molecule has 2 aromatic rings. The first-order valence-corrected chi connectivity index (χ1v) is 8.06. The minimum absolute atomic E-state index is 0.404. The van der Waals surface area contributed by atoms with Crippen LogP contribution in [-0.4, -0.2) is 6.54 Å². The van der Waals surface area contributed by atoms with Crippen molar-refractivity contribution in [3.05, 3.63) is 48.0 Å². The van der Waals surface area contributed by atoms with Crippen molar-refractivity contribution in [3.8, 4) is 0 Å². The summed E-state index contributed by atoms with van der Waals surface area (Å²) in [5.41, 5.74) is 2.30. The molecule has 0 aromatic heterocycles. The summed E-state index contributed by atoms with van der Waals surface area (Å²) in [6.45, 7) is 12.9. The summed E-state index contributed by atoms with van der Waals surface area (Å²) in [5.74, 6) is 0.771. The molecule has 0 bridgehead atoms. The van der Waals surface area contributed by atoms with Crippen LogP contribution in [0, 0.1) is 16.7 Å². The van der Waals surface area contributed by atoms with E-state index in [-0.39, 0.29) is 0 Å². The van der Waals surface area contributed by atoms with Crippen molar-refractivity contribution in [1.29, 1.82) is 0 Å². The molecule has 0 heterocycles. The van der Waals surface area contributed by atoms with Crippen LogP contribution in [0.4, 0.5) is 0 Å². The fourth-order valence-corrected chi connectivity index (χ4v) is 3.73. The average molecular weight is 281 g/mol. The van der Waals surface area contributed by atoms with E-state index in [9.17, 15) is 0 Å². The van der Waals surface area contributed by atoms with Crippen molar-refractivity contribution in [3.63, 3.8) is 0 Å². The molecule has 21 heavy (non-hydrogen) atoms. The molecule has 1 aliphatic rings. The molecule has 1 aliphatic carbocycles. The third kappa shape index (κ3) is 2.38. The van der Waals surface area contributed by atoms with E-state index >= 15 is 0 Å². The van der Waals surface area contributed by atoms with Gasteiger partial charge in [0.05, 0.1) is 0 Å². The zero-order chi connectivity index (χ0) is 15.3. The topological polar surface area (TPSA) is 12.0 Å². The first-order chi connectivity index (χ1) is 9.84. The molecule has 1 saturated carbocycles. The van der Waals surface area contributed by atoms with E-state index in [4.69, 9.17) is 0 Å². The van der Waals surface area contributed by atoms with Gasteiger partial charge in [0.15, 0.2) is 0 Å². The van der Waals surface area contributed by atoms with E-state index in [2.05, 4.69) is 82.4 Å². The SMILES string of the molecule is CC(NCC1C(C)(C)C1(C)C)c1ccc2ccccc2c1. The Morgan fingerprint density at radius 2 is 1.57 bits per heavy atom. The Hall–Kier alpha value is -1.34. The third-order valence-electron chi connectivity index (χ3n) is 6.22. The fraction of sp³-hybridized carbons (Fsp3) is 0.500. The summed E-state index contributed by atoms with van der Waals surface area (Å²) >= 11 is 0. The maximum absolute atomic E-state index is 3.74. The van der Waals surface area contributed by atoms with Crippen LogP contribution in [0.1, 0.15) is 46.2 Å². The minimum atomic E-state index is 0.404. The van der Waals surface area contributed by atoms with Crippen LogP contribution in [0.15, 0.2) is 42.5 Å². The highest BCUT2D eigenvalue weighted by Gasteiger charge is 2.63. The maximum Gasteiger partial charge on any atom is 0.0292 e. The lowest BCUT2D eigenvalue weighted by Gasteiger charge is -2.16. The van der Waals surface area contributed by atoms with Gasteiger partial charge in [-0.3, -0.25) is 0 Å². The zero-order valence-corrected chi connectivity index (χ0v) is 13.9. The number of hydrogen-bond donors (Lipinski definition) is 1. The van der Waals surface area contributed by atoms with Gasteiger partial charge in [0.2, 0.25) is 0 Å².